The van der Waals surface area contributed by atoms with Crippen molar-refractivity contribution in [3.63, 3.8) is 0 Å². The second kappa shape index (κ2) is 11.7. The van der Waals surface area contributed by atoms with Crippen molar-refractivity contribution in [3.8, 4) is 5.75 Å². The summed E-state index contributed by atoms with van der Waals surface area (Å²) in [5, 5.41) is 7.18. The number of hydrogen-bond acceptors (Lipinski definition) is 7. The average Bonchev–Trinajstić information content (AvgIpc) is 3.22. The Balaban J connectivity index is 1.86. The van der Waals surface area contributed by atoms with Crippen LogP contribution in [-0.2, 0) is 31.9 Å². The molecule has 0 aliphatic carbocycles. The van der Waals surface area contributed by atoms with Gasteiger partial charge in [0.1, 0.15) is 17.3 Å². The van der Waals surface area contributed by atoms with Gasteiger partial charge in [-0.25, -0.2) is 4.79 Å². The number of ether oxygens (including phenoxy) is 3. The summed E-state index contributed by atoms with van der Waals surface area (Å²) in [6.07, 6.45) is -0.524. The molecule has 3 rings (SSSR count). The van der Waals surface area contributed by atoms with E-state index in [9.17, 15) is 9.59 Å². The number of esters is 1. The molecule has 0 fully saturated rings. The zero-order valence-corrected chi connectivity index (χ0v) is 20.9. The zero-order valence-electron chi connectivity index (χ0n) is 20.9. The summed E-state index contributed by atoms with van der Waals surface area (Å²) in [7, 11) is 1.61. The van der Waals surface area contributed by atoms with Gasteiger partial charge in [-0.05, 0) is 57.4 Å². The molecule has 188 valence electrons. The van der Waals surface area contributed by atoms with Crippen molar-refractivity contribution in [2.45, 2.75) is 58.3 Å². The molecule has 35 heavy (non-hydrogen) atoms. The van der Waals surface area contributed by atoms with E-state index in [1.54, 1.807) is 34.8 Å². The number of amides is 1. The molecule has 0 saturated heterocycles. The zero-order chi connectivity index (χ0) is 25.4. The molecule has 0 unspecified atom stereocenters. The van der Waals surface area contributed by atoms with E-state index in [1.807, 2.05) is 54.6 Å². The van der Waals surface area contributed by atoms with Crippen molar-refractivity contribution in [1.29, 1.82) is 0 Å². The number of rotatable bonds is 9. The van der Waals surface area contributed by atoms with Crippen molar-refractivity contribution in [2.24, 2.45) is 11.1 Å². The van der Waals surface area contributed by atoms with Crippen LogP contribution in [0.25, 0.3) is 0 Å². The number of nitrogens with one attached hydrogen (secondary N) is 1. The molecule has 2 aromatic rings. The Hall–Kier alpha value is -3.55. The molecule has 1 N–H and O–H groups in total. The van der Waals surface area contributed by atoms with Crippen LogP contribution in [0.1, 0.15) is 38.8 Å². The Kier molecular flexibility index (Phi) is 8.73. The Morgan fingerprint density at radius 2 is 1.74 bits per heavy atom. The highest BCUT2D eigenvalue weighted by Crippen LogP contribution is 2.28. The van der Waals surface area contributed by atoms with E-state index in [2.05, 4.69) is 10.5 Å². The van der Waals surface area contributed by atoms with Crippen LogP contribution in [0, 0.1) is 5.92 Å². The molecule has 0 radical (unpaired) electrons. The lowest BCUT2D eigenvalue weighted by Crippen LogP contribution is -2.51. The molecule has 1 aliphatic rings. The smallest absolute Gasteiger partial charge is 0.408 e. The minimum Gasteiger partial charge on any atom is -0.497 e. The Morgan fingerprint density at radius 1 is 1.06 bits per heavy atom. The van der Waals surface area contributed by atoms with E-state index in [0.29, 0.717) is 18.6 Å². The molecule has 2 aromatic carbocycles. The third-order valence-corrected chi connectivity index (χ3v) is 5.46. The molecule has 0 saturated carbocycles. The van der Waals surface area contributed by atoms with Gasteiger partial charge in [-0.15, -0.1) is 0 Å². The number of methoxy groups -OCH3 is 1. The summed E-state index contributed by atoms with van der Waals surface area (Å²) >= 11 is 0. The SMILES string of the molecule is CCOC(=O)[C@@H]1C(Cc2ccc(OC)cc2)=NO[C@H]1[C@H](Cc1ccccc1)NC(=O)OC(C)(C)C. The second-order valence-electron chi connectivity index (χ2n) is 9.35. The van der Waals surface area contributed by atoms with Crippen LogP contribution >= 0.6 is 0 Å². The highest BCUT2D eigenvalue weighted by molar-refractivity contribution is 6.04. The minimum absolute atomic E-state index is 0.223. The number of oxime groups is 1. The summed E-state index contributed by atoms with van der Waals surface area (Å²) in [5.74, 6) is -0.477. The van der Waals surface area contributed by atoms with Gasteiger partial charge in [0.05, 0.1) is 25.5 Å². The van der Waals surface area contributed by atoms with Gasteiger partial charge < -0.3 is 24.4 Å². The summed E-state index contributed by atoms with van der Waals surface area (Å²) < 4.78 is 16.1. The molecule has 0 bridgehead atoms. The summed E-state index contributed by atoms with van der Waals surface area (Å²) in [6.45, 7) is 7.36. The standard InChI is InChI=1S/C27H34N2O6/c1-6-33-25(30)23-21(16-19-12-14-20(32-5)15-13-19)29-35-24(23)22(17-18-10-8-7-9-11-18)28-26(31)34-27(2,3)4/h7-15,22-24H,6,16-17H2,1-5H3,(H,28,31)/t22-,23+,24-/m0/s1. The van der Waals surface area contributed by atoms with Gasteiger partial charge in [-0.1, -0.05) is 47.6 Å². The minimum atomic E-state index is -0.777. The van der Waals surface area contributed by atoms with Gasteiger partial charge in [-0.3, -0.25) is 4.79 Å². The average molecular weight is 483 g/mol. The maximum Gasteiger partial charge on any atom is 0.408 e. The largest absolute Gasteiger partial charge is 0.497 e. The van der Waals surface area contributed by atoms with E-state index < -0.39 is 35.7 Å². The van der Waals surface area contributed by atoms with Crippen LogP contribution in [0.15, 0.2) is 59.8 Å². The molecule has 8 heteroatoms. The van der Waals surface area contributed by atoms with E-state index in [4.69, 9.17) is 19.0 Å². The second-order valence-corrected chi connectivity index (χ2v) is 9.35. The Bertz CT molecular complexity index is 1010. The van der Waals surface area contributed by atoms with Gasteiger partial charge in [0.15, 0.2) is 6.10 Å². The third-order valence-electron chi connectivity index (χ3n) is 5.46. The van der Waals surface area contributed by atoms with E-state index >= 15 is 0 Å². The van der Waals surface area contributed by atoms with Gasteiger partial charge in [0.25, 0.3) is 0 Å². The van der Waals surface area contributed by atoms with Gasteiger partial charge in [0, 0.05) is 6.42 Å². The van der Waals surface area contributed by atoms with E-state index in [-0.39, 0.29) is 6.61 Å². The Morgan fingerprint density at radius 3 is 2.34 bits per heavy atom. The number of hydrogen-bond donors (Lipinski definition) is 1. The molecular formula is C27H34N2O6. The number of nitrogens with zero attached hydrogens (tertiary/aromatic N) is 1. The molecule has 1 amide bonds. The summed E-state index contributed by atoms with van der Waals surface area (Å²) in [6, 6.07) is 16.6. The topological polar surface area (TPSA) is 95.5 Å². The predicted octanol–water partition coefficient (Wildman–Crippen LogP) is 4.31. The molecule has 3 atom stereocenters. The molecule has 0 aromatic heterocycles. The number of carbonyl (C=O) groups is 2. The Labute approximate surface area is 206 Å². The maximum atomic E-state index is 13.1. The van der Waals surface area contributed by atoms with Crippen LogP contribution in [0.5, 0.6) is 5.75 Å². The first-order valence-corrected chi connectivity index (χ1v) is 11.8. The lowest BCUT2D eigenvalue weighted by atomic mass is 9.86. The molecule has 0 spiro atoms. The fourth-order valence-electron chi connectivity index (χ4n) is 3.91. The monoisotopic (exact) mass is 482 g/mol. The summed E-state index contributed by atoms with van der Waals surface area (Å²) in [5.41, 5.74) is 1.79. The van der Waals surface area contributed by atoms with Crippen molar-refractivity contribution in [2.75, 3.05) is 13.7 Å². The van der Waals surface area contributed by atoms with Crippen LogP contribution < -0.4 is 10.1 Å². The lowest BCUT2D eigenvalue weighted by Gasteiger charge is -2.28. The van der Waals surface area contributed by atoms with Gasteiger partial charge in [0.2, 0.25) is 0 Å². The van der Waals surface area contributed by atoms with E-state index in [1.165, 1.54) is 0 Å². The van der Waals surface area contributed by atoms with Crippen molar-refractivity contribution >= 4 is 17.8 Å². The van der Waals surface area contributed by atoms with Crippen molar-refractivity contribution in [3.05, 3.63) is 65.7 Å². The molecular weight excluding hydrogens is 448 g/mol. The fraction of sp³-hybridized carbons (Fsp3) is 0.444. The van der Waals surface area contributed by atoms with Crippen LogP contribution in [0.2, 0.25) is 0 Å². The molecule has 1 aliphatic heterocycles. The summed E-state index contributed by atoms with van der Waals surface area (Å²) in [4.78, 5) is 31.6. The first-order chi connectivity index (χ1) is 16.7. The fourth-order valence-corrected chi connectivity index (χ4v) is 3.91. The van der Waals surface area contributed by atoms with Crippen LogP contribution in [0.4, 0.5) is 4.79 Å². The first-order valence-electron chi connectivity index (χ1n) is 11.8. The quantitative estimate of drug-likeness (QED) is 0.535. The van der Waals surface area contributed by atoms with Crippen molar-refractivity contribution in [1.82, 2.24) is 5.32 Å². The van der Waals surface area contributed by atoms with E-state index in [0.717, 1.165) is 16.9 Å². The highest BCUT2D eigenvalue weighted by Gasteiger charge is 2.46. The van der Waals surface area contributed by atoms with Crippen LogP contribution in [-0.4, -0.2) is 49.2 Å². The number of carbonyl (C=O) groups excluding carboxylic acids is 2. The van der Waals surface area contributed by atoms with Gasteiger partial charge >= 0.3 is 12.1 Å². The third kappa shape index (κ3) is 7.47. The number of benzene rings is 2. The van der Waals surface area contributed by atoms with Crippen molar-refractivity contribution < 1.29 is 28.6 Å². The predicted molar refractivity (Wildman–Crippen MR) is 132 cm³/mol. The molecule has 8 nitrogen and oxygen atoms in total. The van der Waals surface area contributed by atoms with Crippen LogP contribution in [0.3, 0.4) is 0 Å². The van der Waals surface area contributed by atoms with Gasteiger partial charge in [-0.2, -0.15) is 0 Å². The highest BCUT2D eigenvalue weighted by atomic mass is 16.7. The lowest BCUT2D eigenvalue weighted by molar-refractivity contribution is -0.149. The molecule has 1 heterocycles. The maximum absolute atomic E-state index is 13.1. The first kappa shape index (κ1) is 26.1. The number of alkyl carbamates (subject to hydrolysis) is 1. The normalized spacial score (nSPS) is 18.1.